The van der Waals surface area contributed by atoms with Crippen molar-refractivity contribution in [2.45, 2.75) is 13.2 Å². The number of hydrogen-bond acceptors (Lipinski definition) is 3. The zero-order valence-corrected chi connectivity index (χ0v) is 10.8. The maximum absolute atomic E-state index is 13.6. The van der Waals surface area contributed by atoms with Crippen LogP contribution in [0.2, 0.25) is 0 Å². The molecule has 4 nitrogen and oxygen atoms in total. The Hall–Kier alpha value is -2.40. The third-order valence-corrected chi connectivity index (χ3v) is 2.86. The first-order chi connectivity index (χ1) is 9.60. The van der Waals surface area contributed by atoms with Crippen LogP contribution in [0.3, 0.4) is 0 Å². The van der Waals surface area contributed by atoms with Crippen LogP contribution in [-0.4, -0.2) is 11.0 Å². The normalized spacial score (nSPS) is 10.3. The van der Waals surface area contributed by atoms with Gasteiger partial charge in [-0.3, -0.25) is 4.79 Å². The molecule has 4 N–H and O–H groups in total. The number of halogens is 1. The standard InChI is InChI=1S/C15H15FN2O2/c16-14-7-12(17)4-5-13(14)15(20)18-8-10-2-1-3-11(6-10)9-19/h1-7,19H,8-9,17H2,(H,18,20). The number of nitrogens with one attached hydrogen (secondary N) is 1. The second-order valence-corrected chi connectivity index (χ2v) is 4.40. The van der Waals surface area contributed by atoms with Gasteiger partial charge < -0.3 is 16.2 Å². The minimum atomic E-state index is -0.647. The molecule has 0 saturated carbocycles. The molecular formula is C15H15FN2O2. The van der Waals surface area contributed by atoms with Crippen molar-refractivity contribution in [3.63, 3.8) is 0 Å². The van der Waals surface area contributed by atoms with Gasteiger partial charge in [0, 0.05) is 12.2 Å². The highest BCUT2D eigenvalue weighted by molar-refractivity contribution is 5.94. The van der Waals surface area contributed by atoms with Gasteiger partial charge in [-0.2, -0.15) is 0 Å². The summed E-state index contributed by atoms with van der Waals surface area (Å²) in [7, 11) is 0. The molecule has 0 spiro atoms. The number of carbonyl (C=O) groups excluding carboxylic acids is 1. The fourth-order valence-corrected chi connectivity index (χ4v) is 1.83. The molecular weight excluding hydrogens is 259 g/mol. The Morgan fingerprint density at radius 3 is 2.65 bits per heavy atom. The number of benzene rings is 2. The van der Waals surface area contributed by atoms with Crippen molar-refractivity contribution in [3.05, 3.63) is 65.0 Å². The van der Waals surface area contributed by atoms with E-state index in [9.17, 15) is 9.18 Å². The van der Waals surface area contributed by atoms with E-state index in [-0.39, 0.29) is 24.4 Å². The highest BCUT2D eigenvalue weighted by Crippen LogP contribution is 2.12. The van der Waals surface area contributed by atoms with Crippen LogP contribution in [0.5, 0.6) is 0 Å². The van der Waals surface area contributed by atoms with E-state index in [2.05, 4.69) is 5.32 Å². The lowest BCUT2D eigenvalue weighted by Crippen LogP contribution is -2.23. The van der Waals surface area contributed by atoms with Gasteiger partial charge in [-0.05, 0) is 29.3 Å². The zero-order chi connectivity index (χ0) is 14.5. The SMILES string of the molecule is Nc1ccc(C(=O)NCc2cccc(CO)c2)c(F)c1. The van der Waals surface area contributed by atoms with Crippen molar-refractivity contribution in [2.24, 2.45) is 0 Å². The molecule has 0 bridgehead atoms. The molecule has 2 rings (SSSR count). The number of anilines is 1. The Labute approximate surface area is 116 Å². The lowest BCUT2D eigenvalue weighted by atomic mass is 10.1. The van der Waals surface area contributed by atoms with E-state index >= 15 is 0 Å². The van der Waals surface area contributed by atoms with Crippen LogP contribution in [0.1, 0.15) is 21.5 Å². The first kappa shape index (κ1) is 14.0. The van der Waals surface area contributed by atoms with Crippen LogP contribution < -0.4 is 11.1 Å². The Morgan fingerprint density at radius 1 is 1.20 bits per heavy atom. The van der Waals surface area contributed by atoms with E-state index in [0.717, 1.165) is 17.2 Å². The zero-order valence-electron chi connectivity index (χ0n) is 10.8. The van der Waals surface area contributed by atoms with Crippen molar-refractivity contribution in [1.82, 2.24) is 5.32 Å². The molecule has 0 unspecified atom stereocenters. The molecule has 2 aromatic carbocycles. The van der Waals surface area contributed by atoms with Gasteiger partial charge in [0.1, 0.15) is 5.82 Å². The summed E-state index contributed by atoms with van der Waals surface area (Å²) in [6.07, 6.45) is 0. The largest absolute Gasteiger partial charge is 0.399 e. The first-order valence-electron chi connectivity index (χ1n) is 6.12. The number of aliphatic hydroxyl groups excluding tert-OH is 1. The summed E-state index contributed by atoms with van der Waals surface area (Å²) in [5.74, 6) is -1.15. The first-order valence-corrected chi connectivity index (χ1v) is 6.12. The van der Waals surface area contributed by atoms with Crippen LogP contribution in [0.4, 0.5) is 10.1 Å². The van der Waals surface area contributed by atoms with Crippen molar-refractivity contribution < 1.29 is 14.3 Å². The van der Waals surface area contributed by atoms with E-state index in [0.29, 0.717) is 0 Å². The monoisotopic (exact) mass is 274 g/mol. The number of rotatable bonds is 4. The topological polar surface area (TPSA) is 75.4 Å². The van der Waals surface area contributed by atoms with Gasteiger partial charge in [0.2, 0.25) is 0 Å². The second-order valence-electron chi connectivity index (χ2n) is 4.40. The Morgan fingerprint density at radius 2 is 1.95 bits per heavy atom. The third-order valence-electron chi connectivity index (χ3n) is 2.86. The third kappa shape index (κ3) is 3.33. The van der Waals surface area contributed by atoms with E-state index in [4.69, 9.17) is 10.8 Å². The molecule has 20 heavy (non-hydrogen) atoms. The smallest absolute Gasteiger partial charge is 0.254 e. The van der Waals surface area contributed by atoms with Gasteiger partial charge in [-0.15, -0.1) is 0 Å². The lowest BCUT2D eigenvalue weighted by Gasteiger charge is -2.07. The van der Waals surface area contributed by atoms with Crippen molar-refractivity contribution in [2.75, 3.05) is 5.73 Å². The van der Waals surface area contributed by atoms with Gasteiger partial charge in [-0.25, -0.2) is 4.39 Å². The molecule has 0 saturated heterocycles. The molecule has 0 aliphatic heterocycles. The molecule has 0 radical (unpaired) electrons. The number of carbonyl (C=O) groups is 1. The molecule has 104 valence electrons. The molecule has 0 fully saturated rings. The number of nitrogen functional groups attached to an aromatic ring is 1. The average molecular weight is 274 g/mol. The summed E-state index contributed by atoms with van der Waals surface area (Å²) < 4.78 is 13.6. The molecule has 0 heterocycles. The summed E-state index contributed by atoms with van der Waals surface area (Å²) in [5.41, 5.74) is 7.25. The lowest BCUT2D eigenvalue weighted by molar-refractivity contribution is 0.0947. The summed E-state index contributed by atoms with van der Waals surface area (Å²) >= 11 is 0. The van der Waals surface area contributed by atoms with Gasteiger partial charge in [-0.1, -0.05) is 24.3 Å². The molecule has 2 aromatic rings. The van der Waals surface area contributed by atoms with Crippen LogP contribution in [0.25, 0.3) is 0 Å². The van der Waals surface area contributed by atoms with Crippen LogP contribution in [0.15, 0.2) is 42.5 Å². The number of nitrogens with two attached hydrogens (primary N) is 1. The van der Waals surface area contributed by atoms with Crippen molar-refractivity contribution in [3.8, 4) is 0 Å². The minimum absolute atomic E-state index is 0.0440. The van der Waals surface area contributed by atoms with Crippen molar-refractivity contribution >= 4 is 11.6 Å². The highest BCUT2D eigenvalue weighted by Gasteiger charge is 2.11. The summed E-state index contributed by atoms with van der Waals surface area (Å²) in [5, 5.41) is 11.7. The molecule has 0 aromatic heterocycles. The predicted molar refractivity (Wildman–Crippen MR) is 74.3 cm³/mol. The number of aliphatic hydroxyl groups is 1. The Balaban J connectivity index is 2.04. The van der Waals surface area contributed by atoms with Crippen LogP contribution in [0, 0.1) is 5.82 Å². The maximum Gasteiger partial charge on any atom is 0.254 e. The van der Waals surface area contributed by atoms with Crippen molar-refractivity contribution in [1.29, 1.82) is 0 Å². The molecule has 0 atom stereocenters. The fourth-order valence-electron chi connectivity index (χ4n) is 1.83. The molecule has 0 aliphatic carbocycles. The second kappa shape index (κ2) is 6.16. The van der Waals surface area contributed by atoms with E-state index in [1.807, 2.05) is 6.07 Å². The van der Waals surface area contributed by atoms with Gasteiger partial charge in [0.25, 0.3) is 5.91 Å². The maximum atomic E-state index is 13.6. The van der Waals surface area contributed by atoms with Gasteiger partial charge in [0.15, 0.2) is 0 Å². The summed E-state index contributed by atoms with van der Waals surface area (Å²) in [6.45, 7) is 0.199. The average Bonchev–Trinajstić information content (AvgIpc) is 2.45. The Kier molecular flexibility index (Phi) is 4.32. The highest BCUT2D eigenvalue weighted by atomic mass is 19.1. The molecule has 1 amide bonds. The molecule has 5 heteroatoms. The van der Waals surface area contributed by atoms with Gasteiger partial charge in [0.05, 0.1) is 12.2 Å². The van der Waals surface area contributed by atoms with E-state index in [1.54, 1.807) is 18.2 Å². The summed E-state index contributed by atoms with van der Waals surface area (Å²) in [6, 6.07) is 11.1. The summed E-state index contributed by atoms with van der Waals surface area (Å²) in [4.78, 5) is 11.9. The Bertz CT molecular complexity index is 629. The quantitative estimate of drug-likeness (QED) is 0.744. The molecule has 0 aliphatic rings. The number of hydrogen-bond donors (Lipinski definition) is 3. The number of amides is 1. The predicted octanol–water partition coefficient (Wildman–Crippen LogP) is 1.83. The fraction of sp³-hybridized carbons (Fsp3) is 0.133. The van der Waals surface area contributed by atoms with E-state index < -0.39 is 11.7 Å². The van der Waals surface area contributed by atoms with Crippen LogP contribution >= 0.6 is 0 Å². The van der Waals surface area contributed by atoms with Crippen LogP contribution in [-0.2, 0) is 13.2 Å². The minimum Gasteiger partial charge on any atom is -0.399 e. The van der Waals surface area contributed by atoms with E-state index in [1.165, 1.54) is 12.1 Å². The van der Waals surface area contributed by atoms with Gasteiger partial charge >= 0.3 is 0 Å².